The number of rotatable bonds is 4. The lowest BCUT2D eigenvalue weighted by Crippen LogP contribution is -2.41. The Morgan fingerprint density at radius 2 is 1.94 bits per heavy atom. The second kappa shape index (κ2) is 5.00. The predicted molar refractivity (Wildman–Crippen MR) is 61.7 cm³/mol. The van der Waals surface area contributed by atoms with Crippen molar-refractivity contribution in [3.63, 3.8) is 0 Å². The van der Waals surface area contributed by atoms with Crippen LogP contribution in [0.5, 0.6) is 5.75 Å². The lowest BCUT2D eigenvalue weighted by atomic mass is 9.77. The monoisotopic (exact) mass is 260 g/mol. The number of ketones is 1. The van der Waals surface area contributed by atoms with Crippen molar-refractivity contribution >= 4 is 5.78 Å². The summed E-state index contributed by atoms with van der Waals surface area (Å²) in [5.41, 5.74) is -2.16. The SMILES string of the molecule is COc1cccc(C(C)(CC(C)=O)C(F)(F)F)c1. The highest BCUT2D eigenvalue weighted by Crippen LogP contribution is 2.44. The summed E-state index contributed by atoms with van der Waals surface area (Å²) in [6, 6.07) is 5.72. The van der Waals surface area contributed by atoms with E-state index in [4.69, 9.17) is 4.74 Å². The quantitative estimate of drug-likeness (QED) is 0.828. The Bertz CT molecular complexity index is 440. The van der Waals surface area contributed by atoms with E-state index in [0.29, 0.717) is 5.75 Å². The molecule has 5 heteroatoms. The largest absolute Gasteiger partial charge is 0.497 e. The van der Waals surface area contributed by atoms with E-state index in [-0.39, 0.29) is 5.56 Å². The zero-order valence-electron chi connectivity index (χ0n) is 10.5. The summed E-state index contributed by atoms with van der Waals surface area (Å²) in [6.07, 6.45) is -5.07. The van der Waals surface area contributed by atoms with E-state index >= 15 is 0 Å². The molecule has 0 aliphatic carbocycles. The van der Waals surface area contributed by atoms with E-state index in [2.05, 4.69) is 0 Å². The van der Waals surface area contributed by atoms with Gasteiger partial charge in [-0.15, -0.1) is 0 Å². The van der Waals surface area contributed by atoms with Crippen LogP contribution in [0.1, 0.15) is 25.8 Å². The fraction of sp³-hybridized carbons (Fsp3) is 0.462. The Hall–Kier alpha value is -1.52. The number of hydrogen-bond donors (Lipinski definition) is 0. The number of carbonyl (C=O) groups excluding carboxylic acids is 1. The second-order valence-electron chi connectivity index (χ2n) is 4.44. The third-order valence-electron chi connectivity index (χ3n) is 2.94. The Balaban J connectivity index is 3.29. The molecular weight excluding hydrogens is 245 g/mol. The molecule has 1 unspecified atom stereocenters. The van der Waals surface area contributed by atoms with Crippen LogP contribution >= 0.6 is 0 Å². The summed E-state index contributed by atoms with van der Waals surface area (Å²) in [5.74, 6) is -0.163. The highest BCUT2D eigenvalue weighted by Gasteiger charge is 2.52. The van der Waals surface area contributed by atoms with Crippen LogP contribution in [-0.4, -0.2) is 19.1 Å². The molecule has 0 heterocycles. The molecule has 0 amide bonds. The number of ether oxygens (including phenoxy) is 1. The van der Waals surface area contributed by atoms with Gasteiger partial charge in [-0.05, 0) is 31.5 Å². The van der Waals surface area contributed by atoms with Crippen molar-refractivity contribution in [1.29, 1.82) is 0 Å². The lowest BCUT2D eigenvalue weighted by molar-refractivity contribution is -0.188. The molecule has 18 heavy (non-hydrogen) atoms. The van der Waals surface area contributed by atoms with E-state index in [9.17, 15) is 18.0 Å². The first-order valence-corrected chi connectivity index (χ1v) is 5.41. The van der Waals surface area contributed by atoms with Gasteiger partial charge < -0.3 is 4.74 Å². The molecule has 0 bridgehead atoms. The predicted octanol–water partition coefficient (Wildman–Crippen LogP) is 3.49. The van der Waals surface area contributed by atoms with Gasteiger partial charge in [-0.2, -0.15) is 13.2 Å². The molecule has 100 valence electrons. The molecular formula is C13H15F3O2. The molecule has 0 fully saturated rings. The number of carbonyl (C=O) groups is 1. The van der Waals surface area contributed by atoms with Gasteiger partial charge in [0.2, 0.25) is 0 Å². The van der Waals surface area contributed by atoms with Crippen LogP contribution in [0.3, 0.4) is 0 Å². The van der Waals surface area contributed by atoms with Crippen molar-refractivity contribution in [2.75, 3.05) is 7.11 Å². The van der Waals surface area contributed by atoms with E-state index in [1.54, 1.807) is 6.07 Å². The first-order valence-electron chi connectivity index (χ1n) is 5.41. The van der Waals surface area contributed by atoms with Gasteiger partial charge in [0.15, 0.2) is 0 Å². The van der Waals surface area contributed by atoms with Gasteiger partial charge in [0.25, 0.3) is 0 Å². The van der Waals surface area contributed by atoms with Crippen LogP contribution in [0.2, 0.25) is 0 Å². The summed E-state index contributed by atoms with van der Waals surface area (Å²) in [7, 11) is 1.38. The minimum absolute atomic E-state index is 0.0320. The molecule has 1 rings (SSSR count). The van der Waals surface area contributed by atoms with Crippen LogP contribution in [-0.2, 0) is 10.2 Å². The number of Topliss-reactive ketones (excluding diaryl/α,β-unsaturated/α-hetero) is 1. The normalized spacial score (nSPS) is 15.0. The molecule has 0 radical (unpaired) electrons. The Labute approximate surface area is 104 Å². The molecule has 1 aromatic rings. The fourth-order valence-corrected chi connectivity index (χ4v) is 1.83. The Morgan fingerprint density at radius 3 is 2.39 bits per heavy atom. The zero-order chi connectivity index (χ0) is 14.0. The van der Waals surface area contributed by atoms with Gasteiger partial charge in [0.05, 0.1) is 12.5 Å². The molecule has 0 N–H and O–H groups in total. The Morgan fingerprint density at radius 1 is 1.33 bits per heavy atom. The van der Waals surface area contributed by atoms with Crippen molar-refractivity contribution in [3.8, 4) is 5.75 Å². The van der Waals surface area contributed by atoms with Crippen molar-refractivity contribution in [2.45, 2.75) is 31.9 Å². The van der Waals surface area contributed by atoms with E-state index in [0.717, 1.165) is 13.8 Å². The van der Waals surface area contributed by atoms with Crippen LogP contribution in [0.15, 0.2) is 24.3 Å². The first kappa shape index (κ1) is 14.5. The van der Waals surface area contributed by atoms with Crippen molar-refractivity contribution in [3.05, 3.63) is 29.8 Å². The van der Waals surface area contributed by atoms with Gasteiger partial charge in [-0.1, -0.05) is 12.1 Å². The molecule has 2 nitrogen and oxygen atoms in total. The second-order valence-corrected chi connectivity index (χ2v) is 4.44. The highest BCUT2D eigenvalue weighted by molar-refractivity contribution is 5.77. The maximum Gasteiger partial charge on any atom is 0.398 e. The summed E-state index contributed by atoms with van der Waals surface area (Å²) in [5, 5.41) is 0. The van der Waals surface area contributed by atoms with Gasteiger partial charge in [-0.25, -0.2) is 0 Å². The smallest absolute Gasteiger partial charge is 0.398 e. The van der Waals surface area contributed by atoms with Crippen LogP contribution < -0.4 is 4.74 Å². The molecule has 0 aliphatic heterocycles. The number of methoxy groups -OCH3 is 1. The van der Waals surface area contributed by atoms with Crippen molar-refractivity contribution in [1.82, 2.24) is 0 Å². The summed E-state index contributed by atoms with van der Waals surface area (Å²) in [4.78, 5) is 11.1. The average molecular weight is 260 g/mol. The first-order chi connectivity index (χ1) is 8.20. The fourth-order valence-electron chi connectivity index (χ4n) is 1.83. The van der Waals surface area contributed by atoms with Gasteiger partial charge in [-0.3, -0.25) is 4.79 Å². The molecule has 0 aromatic heterocycles. The van der Waals surface area contributed by atoms with E-state index in [1.807, 2.05) is 0 Å². The standard InChI is InChI=1S/C13H15F3O2/c1-9(17)8-12(2,13(14,15)16)10-5-4-6-11(7-10)18-3/h4-7H,8H2,1-3H3. The molecule has 0 saturated carbocycles. The van der Waals surface area contributed by atoms with Gasteiger partial charge in [0, 0.05) is 6.42 Å². The zero-order valence-corrected chi connectivity index (χ0v) is 10.5. The molecule has 0 aliphatic rings. The number of halogens is 3. The maximum absolute atomic E-state index is 13.2. The topological polar surface area (TPSA) is 26.3 Å². The summed E-state index contributed by atoms with van der Waals surface area (Å²) in [6.45, 7) is 2.19. The molecule has 0 saturated heterocycles. The highest BCUT2D eigenvalue weighted by atomic mass is 19.4. The summed E-state index contributed by atoms with van der Waals surface area (Å²) < 4.78 is 44.5. The maximum atomic E-state index is 13.2. The molecule has 1 atom stereocenters. The minimum Gasteiger partial charge on any atom is -0.497 e. The lowest BCUT2D eigenvalue weighted by Gasteiger charge is -2.31. The van der Waals surface area contributed by atoms with Crippen LogP contribution in [0.4, 0.5) is 13.2 Å². The molecule has 1 aromatic carbocycles. The Kier molecular flexibility index (Phi) is 4.04. The van der Waals surface area contributed by atoms with E-state index < -0.39 is 23.8 Å². The minimum atomic E-state index is -4.50. The van der Waals surface area contributed by atoms with Crippen LogP contribution in [0.25, 0.3) is 0 Å². The third kappa shape index (κ3) is 2.83. The molecule has 0 spiro atoms. The van der Waals surface area contributed by atoms with Crippen molar-refractivity contribution < 1.29 is 22.7 Å². The number of benzene rings is 1. The van der Waals surface area contributed by atoms with Crippen LogP contribution in [0, 0.1) is 0 Å². The number of alkyl halides is 3. The average Bonchev–Trinajstić information content (AvgIpc) is 2.26. The van der Waals surface area contributed by atoms with E-state index in [1.165, 1.54) is 25.3 Å². The van der Waals surface area contributed by atoms with Gasteiger partial charge >= 0.3 is 6.18 Å². The summed E-state index contributed by atoms with van der Waals surface area (Å²) >= 11 is 0. The number of hydrogen-bond acceptors (Lipinski definition) is 2. The third-order valence-corrected chi connectivity index (χ3v) is 2.94. The van der Waals surface area contributed by atoms with Gasteiger partial charge in [0.1, 0.15) is 11.5 Å². The van der Waals surface area contributed by atoms with Crippen molar-refractivity contribution in [2.24, 2.45) is 0 Å².